The molecule has 0 aliphatic carbocycles. The van der Waals surface area contributed by atoms with Crippen molar-refractivity contribution in [3.8, 4) is 0 Å². The van der Waals surface area contributed by atoms with E-state index in [1.54, 1.807) is 19.3 Å². The largest absolute Gasteiger partial charge is 0.381 e. The maximum Gasteiger partial charge on any atom is 0.253 e. The molecule has 1 amide bonds. The van der Waals surface area contributed by atoms with E-state index in [4.69, 9.17) is 4.74 Å². The molecule has 132 valence electrons. The molecule has 1 atom stereocenters. The van der Waals surface area contributed by atoms with Gasteiger partial charge in [0.1, 0.15) is 6.54 Å². The van der Waals surface area contributed by atoms with Crippen LogP contribution in [0.1, 0.15) is 30.1 Å². The minimum atomic E-state index is -0.230. The van der Waals surface area contributed by atoms with Crippen LogP contribution in [-0.4, -0.2) is 33.7 Å². The highest BCUT2D eigenvalue weighted by Crippen LogP contribution is 2.29. The number of nitrogens with one attached hydrogen (secondary N) is 1. The van der Waals surface area contributed by atoms with Gasteiger partial charge in [-0.25, -0.2) is 4.98 Å². The highest BCUT2D eigenvalue weighted by molar-refractivity contribution is 5.76. The lowest BCUT2D eigenvalue weighted by Crippen LogP contribution is -2.39. The van der Waals surface area contributed by atoms with E-state index < -0.39 is 0 Å². The van der Waals surface area contributed by atoms with Gasteiger partial charge in [-0.1, -0.05) is 6.07 Å². The van der Waals surface area contributed by atoms with E-state index in [2.05, 4.69) is 15.3 Å². The first-order valence-corrected chi connectivity index (χ1v) is 8.43. The number of aryl methyl sites for hydroxylation is 1. The van der Waals surface area contributed by atoms with Gasteiger partial charge in [0.05, 0.1) is 12.4 Å². The van der Waals surface area contributed by atoms with Crippen LogP contribution in [0, 0.1) is 12.8 Å². The van der Waals surface area contributed by atoms with Crippen LogP contribution in [0.25, 0.3) is 0 Å². The molecular formula is C18H22N4O3. The summed E-state index contributed by atoms with van der Waals surface area (Å²) in [5, 5.41) is 3.07. The van der Waals surface area contributed by atoms with Crippen molar-refractivity contribution in [2.75, 3.05) is 13.2 Å². The van der Waals surface area contributed by atoms with E-state index in [1.165, 1.54) is 17.0 Å². The molecule has 1 aliphatic rings. The average Bonchev–Trinajstić information content (AvgIpc) is 2.63. The Bertz CT molecular complexity index is 769. The molecule has 1 fully saturated rings. The van der Waals surface area contributed by atoms with Crippen molar-refractivity contribution in [2.24, 2.45) is 5.92 Å². The van der Waals surface area contributed by atoms with Crippen LogP contribution in [0.5, 0.6) is 0 Å². The van der Waals surface area contributed by atoms with Gasteiger partial charge >= 0.3 is 0 Å². The number of ether oxygens (including phenoxy) is 1. The number of rotatable bonds is 5. The molecule has 0 spiro atoms. The Labute approximate surface area is 146 Å². The molecule has 3 heterocycles. The molecule has 0 bridgehead atoms. The zero-order valence-corrected chi connectivity index (χ0v) is 14.2. The van der Waals surface area contributed by atoms with Crippen molar-refractivity contribution < 1.29 is 9.53 Å². The van der Waals surface area contributed by atoms with Gasteiger partial charge in [-0.2, -0.15) is 0 Å². The quantitative estimate of drug-likeness (QED) is 0.883. The van der Waals surface area contributed by atoms with Gasteiger partial charge in [-0.3, -0.25) is 19.1 Å². The van der Waals surface area contributed by atoms with Crippen LogP contribution in [0.4, 0.5) is 0 Å². The number of aromatic nitrogens is 3. The Hall–Kier alpha value is -2.54. The molecule has 0 aromatic carbocycles. The zero-order chi connectivity index (χ0) is 17.6. The van der Waals surface area contributed by atoms with E-state index in [-0.39, 0.29) is 30.0 Å². The maximum atomic E-state index is 12.5. The van der Waals surface area contributed by atoms with Crippen molar-refractivity contribution in [3.05, 3.63) is 58.5 Å². The molecule has 1 N–H and O–H groups in total. The smallest absolute Gasteiger partial charge is 0.253 e. The standard InChI is InChI=1S/C18H22N4O3/c1-13-9-17(24)22(12-20-13)11-16(23)21-18(14-4-7-25-8-5-14)15-3-2-6-19-10-15/h2-3,6,9-10,12,14,18H,4-5,7-8,11H2,1H3,(H,21,23). The molecule has 1 aliphatic heterocycles. The lowest BCUT2D eigenvalue weighted by Gasteiger charge is -2.31. The number of hydrogen-bond donors (Lipinski definition) is 1. The van der Waals surface area contributed by atoms with Gasteiger partial charge < -0.3 is 10.1 Å². The minimum Gasteiger partial charge on any atom is -0.381 e. The molecule has 7 heteroatoms. The van der Waals surface area contributed by atoms with Crippen molar-refractivity contribution in [1.29, 1.82) is 0 Å². The van der Waals surface area contributed by atoms with Gasteiger partial charge in [0, 0.05) is 37.4 Å². The summed E-state index contributed by atoms with van der Waals surface area (Å²) in [4.78, 5) is 32.7. The van der Waals surface area contributed by atoms with Crippen molar-refractivity contribution in [1.82, 2.24) is 19.9 Å². The fourth-order valence-corrected chi connectivity index (χ4v) is 3.09. The molecule has 2 aromatic heterocycles. The predicted molar refractivity (Wildman–Crippen MR) is 91.9 cm³/mol. The Balaban J connectivity index is 1.75. The minimum absolute atomic E-state index is 0.0495. The topological polar surface area (TPSA) is 86.1 Å². The SMILES string of the molecule is Cc1cc(=O)n(CC(=O)NC(c2cccnc2)C2CCOCC2)cn1. The molecule has 1 saturated heterocycles. The number of carbonyl (C=O) groups excluding carboxylic acids is 1. The number of pyridine rings is 1. The average molecular weight is 342 g/mol. The molecule has 7 nitrogen and oxygen atoms in total. The van der Waals surface area contributed by atoms with Crippen LogP contribution in [0.15, 0.2) is 41.7 Å². The molecule has 0 radical (unpaired) electrons. The Morgan fingerprint density at radius 2 is 2.24 bits per heavy atom. The first-order valence-electron chi connectivity index (χ1n) is 8.43. The highest BCUT2D eigenvalue weighted by atomic mass is 16.5. The van der Waals surface area contributed by atoms with Crippen molar-refractivity contribution in [2.45, 2.75) is 32.4 Å². The third kappa shape index (κ3) is 4.51. The second kappa shape index (κ2) is 8.02. The summed E-state index contributed by atoms with van der Waals surface area (Å²) in [6.07, 6.45) is 6.66. The monoisotopic (exact) mass is 342 g/mol. The molecule has 3 rings (SSSR count). The van der Waals surface area contributed by atoms with Gasteiger partial charge in [0.2, 0.25) is 5.91 Å². The summed E-state index contributed by atoms with van der Waals surface area (Å²) in [7, 11) is 0. The van der Waals surface area contributed by atoms with Crippen LogP contribution in [-0.2, 0) is 16.1 Å². The van der Waals surface area contributed by atoms with E-state index >= 15 is 0 Å². The lowest BCUT2D eigenvalue weighted by atomic mass is 9.87. The van der Waals surface area contributed by atoms with E-state index in [9.17, 15) is 9.59 Å². The maximum absolute atomic E-state index is 12.5. The highest BCUT2D eigenvalue weighted by Gasteiger charge is 2.27. The Morgan fingerprint density at radius 1 is 1.44 bits per heavy atom. The second-order valence-electron chi connectivity index (χ2n) is 6.28. The fourth-order valence-electron chi connectivity index (χ4n) is 3.09. The summed E-state index contributed by atoms with van der Waals surface area (Å²) in [6.45, 7) is 3.08. The van der Waals surface area contributed by atoms with Crippen LogP contribution in [0.2, 0.25) is 0 Å². The Morgan fingerprint density at radius 3 is 2.92 bits per heavy atom. The first-order chi connectivity index (χ1) is 12.1. The fraction of sp³-hybridized carbons (Fsp3) is 0.444. The van der Waals surface area contributed by atoms with Crippen molar-refractivity contribution >= 4 is 5.91 Å². The van der Waals surface area contributed by atoms with Crippen molar-refractivity contribution in [3.63, 3.8) is 0 Å². The number of nitrogens with zero attached hydrogens (tertiary/aromatic N) is 3. The third-order valence-corrected chi connectivity index (χ3v) is 4.43. The number of amides is 1. The van der Waals surface area contributed by atoms with Gasteiger partial charge in [-0.15, -0.1) is 0 Å². The van der Waals surface area contributed by atoms with Gasteiger partial charge in [-0.05, 0) is 37.3 Å². The second-order valence-corrected chi connectivity index (χ2v) is 6.28. The number of hydrogen-bond acceptors (Lipinski definition) is 5. The number of carbonyl (C=O) groups is 1. The van der Waals surface area contributed by atoms with E-state index in [1.807, 2.05) is 12.1 Å². The lowest BCUT2D eigenvalue weighted by molar-refractivity contribution is -0.123. The summed E-state index contributed by atoms with van der Waals surface area (Å²) in [5.74, 6) is 0.0721. The summed E-state index contributed by atoms with van der Waals surface area (Å²) in [6, 6.07) is 5.11. The molecule has 25 heavy (non-hydrogen) atoms. The summed E-state index contributed by atoms with van der Waals surface area (Å²) in [5.41, 5.74) is 1.38. The molecule has 1 unspecified atom stereocenters. The van der Waals surface area contributed by atoms with Crippen LogP contribution < -0.4 is 10.9 Å². The van der Waals surface area contributed by atoms with Crippen LogP contribution in [0.3, 0.4) is 0 Å². The van der Waals surface area contributed by atoms with Gasteiger partial charge in [0.25, 0.3) is 5.56 Å². The normalized spacial score (nSPS) is 16.4. The Kier molecular flexibility index (Phi) is 5.55. The first kappa shape index (κ1) is 17.3. The van der Waals surface area contributed by atoms with Gasteiger partial charge in [0.15, 0.2) is 0 Å². The summed E-state index contributed by atoms with van der Waals surface area (Å²) < 4.78 is 6.74. The predicted octanol–water partition coefficient (Wildman–Crippen LogP) is 1.23. The van der Waals surface area contributed by atoms with E-state index in [0.29, 0.717) is 18.9 Å². The summed E-state index contributed by atoms with van der Waals surface area (Å²) >= 11 is 0. The third-order valence-electron chi connectivity index (χ3n) is 4.43. The molecular weight excluding hydrogens is 320 g/mol. The molecule has 0 saturated carbocycles. The zero-order valence-electron chi connectivity index (χ0n) is 14.2. The van der Waals surface area contributed by atoms with Crippen LogP contribution >= 0.6 is 0 Å². The van der Waals surface area contributed by atoms with E-state index in [0.717, 1.165) is 18.4 Å². The molecule has 2 aromatic rings.